The fourth-order valence-electron chi connectivity index (χ4n) is 4.00. The van der Waals surface area contributed by atoms with Gasteiger partial charge in [-0.1, -0.05) is 32.0 Å². The number of nitrogens with zero attached hydrogens (tertiary/aromatic N) is 1. The predicted molar refractivity (Wildman–Crippen MR) is 104 cm³/mol. The molecule has 7 heteroatoms. The Morgan fingerprint density at radius 1 is 1.03 bits per heavy atom. The molecule has 1 aromatic heterocycles. The van der Waals surface area contributed by atoms with Gasteiger partial charge < -0.3 is 10.1 Å². The van der Waals surface area contributed by atoms with Gasteiger partial charge in [0.15, 0.2) is 5.60 Å². The summed E-state index contributed by atoms with van der Waals surface area (Å²) in [5, 5.41) is 10.8. The molecule has 0 aliphatic heterocycles. The largest absolute Gasteiger partial charge is 0.417 e. The van der Waals surface area contributed by atoms with Crippen LogP contribution in [0.2, 0.25) is 0 Å². The van der Waals surface area contributed by atoms with E-state index in [9.17, 15) is 22.7 Å². The van der Waals surface area contributed by atoms with Crippen LogP contribution in [-0.2, 0) is 11.8 Å². The molecule has 29 heavy (non-hydrogen) atoms. The van der Waals surface area contributed by atoms with Crippen LogP contribution in [0.5, 0.6) is 0 Å². The van der Waals surface area contributed by atoms with Crippen molar-refractivity contribution in [1.29, 1.82) is 0 Å². The Bertz CT molecular complexity index is 1040. The number of aryl methyl sites for hydroxylation is 2. The van der Waals surface area contributed by atoms with Crippen LogP contribution in [0, 0.1) is 19.7 Å². The van der Waals surface area contributed by atoms with Crippen molar-refractivity contribution >= 4 is 11.0 Å². The number of benzene rings is 2. The van der Waals surface area contributed by atoms with E-state index in [-0.39, 0.29) is 5.82 Å². The van der Waals surface area contributed by atoms with Gasteiger partial charge >= 0.3 is 6.18 Å². The van der Waals surface area contributed by atoms with Gasteiger partial charge in [-0.2, -0.15) is 13.2 Å². The number of fused-ring (bicyclic) bond motifs is 1. The average molecular weight is 408 g/mol. The lowest BCUT2D eigenvalue weighted by Gasteiger charge is -2.38. The van der Waals surface area contributed by atoms with E-state index in [1.165, 1.54) is 18.2 Å². The van der Waals surface area contributed by atoms with Crippen molar-refractivity contribution in [3.63, 3.8) is 0 Å². The average Bonchev–Trinajstić information content (AvgIpc) is 2.99. The highest BCUT2D eigenvalue weighted by atomic mass is 19.4. The summed E-state index contributed by atoms with van der Waals surface area (Å²) in [6.07, 6.45) is -6.24. The fourth-order valence-corrected chi connectivity index (χ4v) is 4.00. The summed E-state index contributed by atoms with van der Waals surface area (Å²) in [5.74, 6) is -0.470. The maximum atomic E-state index is 14.0. The van der Waals surface area contributed by atoms with E-state index in [0.29, 0.717) is 22.2 Å². The quantitative estimate of drug-likeness (QED) is 0.546. The molecule has 1 atom stereocenters. The molecule has 156 valence electrons. The van der Waals surface area contributed by atoms with Crippen molar-refractivity contribution in [3.8, 4) is 0 Å². The van der Waals surface area contributed by atoms with Crippen LogP contribution in [0.15, 0.2) is 36.4 Å². The highest BCUT2D eigenvalue weighted by molar-refractivity contribution is 5.78. The number of hydrogen-bond acceptors (Lipinski definition) is 2. The van der Waals surface area contributed by atoms with Crippen LogP contribution in [-0.4, -0.2) is 26.9 Å². The number of rotatable bonds is 5. The van der Waals surface area contributed by atoms with E-state index >= 15 is 0 Å². The molecule has 3 aromatic rings. The molecule has 0 radical (unpaired) electrons. The molecule has 0 amide bonds. The zero-order valence-electron chi connectivity index (χ0n) is 16.8. The number of H-pyrrole nitrogens is 1. The number of para-hydroxylation sites is 1. The van der Waals surface area contributed by atoms with Crippen LogP contribution in [0.4, 0.5) is 17.6 Å². The Hall–Kier alpha value is -2.41. The molecule has 0 spiro atoms. The van der Waals surface area contributed by atoms with Gasteiger partial charge in [0, 0.05) is 6.42 Å². The first-order chi connectivity index (χ1) is 13.3. The van der Waals surface area contributed by atoms with Crippen molar-refractivity contribution in [3.05, 3.63) is 64.7 Å². The summed E-state index contributed by atoms with van der Waals surface area (Å²) in [6.45, 7) is 6.70. The summed E-state index contributed by atoms with van der Waals surface area (Å²) >= 11 is 0. The second-order valence-corrected chi connectivity index (χ2v) is 8.38. The lowest BCUT2D eigenvalue weighted by Crippen LogP contribution is -2.51. The zero-order valence-corrected chi connectivity index (χ0v) is 16.8. The standard InChI is InChI=1S/C22H24F4N2O/c1-13-8-9-15(23)10-16(13)20(3,4)12-21(29,22(24,25)26)11-18-27-17-7-5-6-14(2)19(17)28-18/h5-10,29H,11-12H2,1-4H3,(H,27,28). The van der Waals surface area contributed by atoms with Crippen molar-refractivity contribution in [2.24, 2.45) is 0 Å². The Balaban J connectivity index is 2.00. The van der Waals surface area contributed by atoms with Crippen molar-refractivity contribution in [1.82, 2.24) is 9.97 Å². The van der Waals surface area contributed by atoms with Gasteiger partial charge in [0.1, 0.15) is 11.6 Å². The Morgan fingerprint density at radius 3 is 2.34 bits per heavy atom. The molecule has 2 aromatic carbocycles. The maximum Gasteiger partial charge on any atom is 0.417 e. The molecule has 1 heterocycles. The fraction of sp³-hybridized carbons (Fsp3) is 0.409. The van der Waals surface area contributed by atoms with E-state index in [1.807, 2.05) is 13.0 Å². The first-order valence-corrected chi connectivity index (χ1v) is 9.32. The van der Waals surface area contributed by atoms with Crippen LogP contribution in [0.1, 0.15) is 42.8 Å². The number of aromatic amines is 1. The van der Waals surface area contributed by atoms with E-state index in [0.717, 1.165) is 5.56 Å². The monoisotopic (exact) mass is 408 g/mol. The van der Waals surface area contributed by atoms with Gasteiger partial charge in [0.05, 0.1) is 11.0 Å². The topological polar surface area (TPSA) is 48.9 Å². The van der Waals surface area contributed by atoms with Crippen molar-refractivity contribution < 1.29 is 22.7 Å². The Labute approximate surface area is 166 Å². The van der Waals surface area contributed by atoms with E-state index in [2.05, 4.69) is 9.97 Å². The lowest BCUT2D eigenvalue weighted by molar-refractivity contribution is -0.266. The zero-order chi connectivity index (χ0) is 21.6. The van der Waals surface area contributed by atoms with Crippen molar-refractivity contribution in [2.45, 2.75) is 57.7 Å². The Morgan fingerprint density at radius 2 is 1.72 bits per heavy atom. The molecule has 0 aliphatic carbocycles. The number of aliphatic hydroxyl groups is 1. The second kappa shape index (κ2) is 7.13. The van der Waals surface area contributed by atoms with Gasteiger partial charge in [0.25, 0.3) is 0 Å². The SMILES string of the molecule is Cc1ccc(F)cc1C(C)(C)CC(O)(Cc1nc2cccc(C)c2[nH]1)C(F)(F)F. The van der Waals surface area contributed by atoms with Gasteiger partial charge in [-0.25, -0.2) is 9.37 Å². The summed E-state index contributed by atoms with van der Waals surface area (Å²) in [5.41, 5.74) is -1.01. The minimum absolute atomic E-state index is 0.0564. The van der Waals surface area contributed by atoms with Gasteiger partial charge in [-0.15, -0.1) is 0 Å². The van der Waals surface area contributed by atoms with Crippen LogP contribution in [0.3, 0.4) is 0 Å². The van der Waals surface area contributed by atoms with Crippen LogP contribution in [0.25, 0.3) is 11.0 Å². The number of hydrogen-bond donors (Lipinski definition) is 2. The van der Waals surface area contributed by atoms with E-state index in [4.69, 9.17) is 0 Å². The van der Waals surface area contributed by atoms with E-state index in [1.54, 1.807) is 32.9 Å². The van der Waals surface area contributed by atoms with Gasteiger partial charge in [-0.3, -0.25) is 0 Å². The number of alkyl halides is 3. The molecule has 0 saturated carbocycles. The highest BCUT2D eigenvalue weighted by Gasteiger charge is 2.56. The predicted octanol–water partition coefficient (Wildman–Crippen LogP) is 5.52. The maximum absolute atomic E-state index is 14.0. The molecule has 3 rings (SSSR count). The lowest BCUT2D eigenvalue weighted by atomic mass is 9.72. The smallest absolute Gasteiger partial charge is 0.380 e. The molecule has 0 bridgehead atoms. The van der Waals surface area contributed by atoms with Gasteiger partial charge in [-0.05, 0) is 60.6 Å². The third-order valence-electron chi connectivity index (χ3n) is 5.43. The summed E-state index contributed by atoms with van der Waals surface area (Å²) in [4.78, 5) is 7.14. The summed E-state index contributed by atoms with van der Waals surface area (Å²) in [6, 6.07) is 9.33. The van der Waals surface area contributed by atoms with Crippen LogP contribution >= 0.6 is 0 Å². The molecule has 3 nitrogen and oxygen atoms in total. The molecule has 0 saturated heterocycles. The number of halogens is 4. The summed E-state index contributed by atoms with van der Waals surface area (Å²) < 4.78 is 55.7. The molecule has 0 fully saturated rings. The molecule has 0 aliphatic rings. The molecule has 1 unspecified atom stereocenters. The van der Waals surface area contributed by atoms with E-state index < -0.39 is 35.9 Å². The Kier molecular flexibility index (Phi) is 5.24. The van der Waals surface area contributed by atoms with Gasteiger partial charge in [0.2, 0.25) is 0 Å². The minimum Gasteiger partial charge on any atom is -0.380 e. The minimum atomic E-state index is -4.89. The first kappa shape index (κ1) is 21.3. The molecular formula is C22H24F4N2O. The summed E-state index contributed by atoms with van der Waals surface area (Å²) in [7, 11) is 0. The highest BCUT2D eigenvalue weighted by Crippen LogP contribution is 2.43. The molecular weight excluding hydrogens is 384 g/mol. The van der Waals surface area contributed by atoms with Crippen molar-refractivity contribution in [2.75, 3.05) is 0 Å². The third-order valence-corrected chi connectivity index (χ3v) is 5.43. The van der Waals surface area contributed by atoms with Crippen LogP contribution < -0.4 is 0 Å². The number of aromatic nitrogens is 2. The second-order valence-electron chi connectivity index (χ2n) is 8.38. The first-order valence-electron chi connectivity index (χ1n) is 9.32. The number of nitrogens with one attached hydrogen (secondary N) is 1. The third kappa shape index (κ3) is 4.15. The molecule has 2 N–H and O–H groups in total. The number of imidazole rings is 1. The normalized spacial score (nSPS) is 14.9.